The van der Waals surface area contributed by atoms with Gasteiger partial charge in [0.15, 0.2) is 0 Å². The Kier molecular flexibility index (Phi) is 3.46. The molecule has 1 N–H and O–H groups in total. The number of hydrogen-bond donors (Lipinski definition) is 1. The predicted molar refractivity (Wildman–Crippen MR) is 76.1 cm³/mol. The highest BCUT2D eigenvalue weighted by Gasteiger charge is 2.23. The van der Waals surface area contributed by atoms with Gasteiger partial charge in [-0.25, -0.2) is 4.39 Å². The summed E-state index contributed by atoms with van der Waals surface area (Å²) in [5.74, 6) is 1.51. The molecule has 0 amide bonds. The number of halogens is 1. The normalized spacial score (nSPS) is 16.4. The molecule has 20 heavy (non-hydrogen) atoms. The van der Waals surface area contributed by atoms with Gasteiger partial charge in [-0.2, -0.15) is 0 Å². The minimum Gasteiger partial charge on any atom is -0.497 e. The van der Waals surface area contributed by atoms with Gasteiger partial charge >= 0.3 is 0 Å². The second-order valence-corrected chi connectivity index (χ2v) is 4.77. The predicted octanol–water partition coefficient (Wildman–Crippen LogP) is 3.42. The van der Waals surface area contributed by atoms with E-state index in [1.165, 1.54) is 11.6 Å². The highest BCUT2D eigenvalue weighted by molar-refractivity contribution is 5.50. The number of fused-ring (bicyclic) bond motifs is 1. The summed E-state index contributed by atoms with van der Waals surface area (Å²) in [5.41, 5.74) is 1.62. The van der Waals surface area contributed by atoms with Crippen LogP contribution in [0.25, 0.3) is 0 Å². The van der Waals surface area contributed by atoms with Crippen LogP contribution in [0.2, 0.25) is 0 Å². The van der Waals surface area contributed by atoms with E-state index in [0.717, 1.165) is 5.75 Å². The molecule has 1 aliphatic rings. The molecule has 0 fully saturated rings. The van der Waals surface area contributed by atoms with E-state index in [2.05, 4.69) is 11.4 Å². The fourth-order valence-corrected chi connectivity index (χ4v) is 2.40. The second-order valence-electron chi connectivity index (χ2n) is 4.77. The molecular formula is C16H16FNO2. The third kappa shape index (κ3) is 2.41. The van der Waals surface area contributed by atoms with Gasteiger partial charge in [-0.3, -0.25) is 0 Å². The molecule has 0 radical (unpaired) electrons. The Morgan fingerprint density at radius 3 is 3.00 bits per heavy atom. The molecule has 0 aliphatic carbocycles. The van der Waals surface area contributed by atoms with E-state index in [4.69, 9.17) is 9.47 Å². The molecule has 4 heteroatoms. The quantitative estimate of drug-likeness (QED) is 0.926. The lowest BCUT2D eigenvalue weighted by molar-refractivity contribution is 0.334. The highest BCUT2D eigenvalue weighted by atomic mass is 19.1. The summed E-state index contributed by atoms with van der Waals surface area (Å²) in [5, 5.41) is 3.14. The molecule has 1 heterocycles. The molecule has 0 saturated carbocycles. The van der Waals surface area contributed by atoms with Crippen LogP contribution in [-0.4, -0.2) is 20.3 Å². The van der Waals surface area contributed by atoms with Crippen LogP contribution in [0.1, 0.15) is 11.5 Å². The highest BCUT2D eigenvalue weighted by Crippen LogP contribution is 2.33. The molecule has 0 saturated heterocycles. The summed E-state index contributed by atoms with van der Waals surface area (Å²) in [6, 6.07) is 12.6. The first-order valence-electron chi connectivity index (χ1n) is 6.57. The monoisotopic (exact) mass is 273 g/mol. The van der Waals surface area contributed by atoms with E-state index >= 15 is 0 Å². The minimum atomic E-state index is -0.280. The molecule has 104 valence electrons. The summed E-state index contributed by atoms with van der Waals surface area (Å²) in [6.45, 7) is 1.25. The van der Waals surface area contributed by atoms with Crippen LogP contribution in [-0.2, 0) is 0 Å². The van der Waals surface area contributed by atoms with Gasteiger partial charge in [-0.05, 0) is 18.2 Å². The van der Waals surface area contributed by atoms with Gasteiger partial charge < -0.3 is 14.8 Å². The molecule has 1 atom stereocenters. The zero-order valence-corrected chi connectivity index (χ0v) is 11.2. The van der Waals surface area contributed by atoms with Gasteiger partial charge in [0.1, 0.15) is 17.3 Å². The van der Waals surface area contributed by atoms with Gasteiger partial charge in [-0.15, -0.1) is 0 Å². The van der Waals surface area contributed by atoms with Gasteiger partial charge in [-0.1, -0.05) is 18.2 Å². The number of rotatable bonds is 4. The number of benzene rings is 2. The van der Waals surface area contributed by atoms with Crippen LogP contribution in [0.3, 0.4) is 0 Å². The van der Waals surface area contributed by atoms with Gasteiger partial charge in [0, 0.05) is 24.1 Å². The van der Waals surface area contributed by atoms with Crippen molar-refractivity contribution in [2.24, 2.45) is 0 Å². The Morgan fingerprint density at radius 1 is 1.30 bits per heavy atom. The lowest BCUT2D eigenvalue weighted by atomic mass is 10.0. The third-order valence-electron chi connectivity index (χ3n) is 3.51. The van der Waals surface area contributed by atoms with Crippen molar-refractivity contribution in [3.05, 3.63) is 53.8 Å². The summed E-state index contributed by atoms with van der Waals surface area (Å²) >= 11 is 0. The number of hydrogen-bond acceptors (Lipinski definition) is 3. The van der Waals surface area contributed by atoms with E-state index in [-0.39, 0.29) is 11.7 Å². The molecule has 0 aromatic heterocycles. The Balaban J connectivity index is 1.72. The fraction of sp³-hybridized carbons (Fsp3) is 0.250. The summed E-state index contributed by atoms with van der Waals surface area (Å²) in [6.07, 6.45) is 0. The lowest BCUT2D eigenvalue weighted by Crippen LogP contribution is -2.14. The van der Waals surface area contributed by atoms with Crippen LogP contribution < -0.4 is 14.8 Å². The smallest absolute Gasteiger partial charge is 0.146 e. The molecule has 2 aromatic carbocycles. The standard InChI is InChI=1S/C16H16FNO2/c1-19-12-6-7-14(17)15(8-12)18-9-11-10-20-16-5-3-2-4-13(11)16/h2-8,11,18H,9-10H2,1H3. The van der Waals surface area contributed by atoms with Gasteiger partial charge in [0.2, 0.25) is 0 Å². The molecule has 3 nitrogen and oxygen atoms in total. The van der Waals surface area contributed by atoms with Crippen LogP contribution >= 0.6 is 0 Å². The van der Waals surface area contributed by atoms with Crippen LogP contribution in [0, 0.1) is 5.82 Å². The Morgan fingerprint density at radius 2 is 2.15 bits per heavy atom. The maximum Gasteiger partial charge on any atom is 0.146 e. The molecule has 3 rings (SSSR count). The number of methoxy groups -OCH3 is 1. The SMILES string of the molecule is COc1ccc(F)c(NCC2COc3ccccc32)c1. The topological polar surface area (TPSA) is 30.5 Å². The Bertz CT molecular complexity index is 615. The van der Waals surface area contributed by atoms with Crippen molar-refractivity contribution < 1.29 is 13.9 Å². The van der Waals surface area contributed by atoms with Crippen molar-refractivity contribution >= 4 is 5.69 Å². The Labute approximate surface area is 117 Å². The zero-order valence-electron chi connectivity index (χ0n) is 11.2. The maximum atomic E-state index is 13.7. The molecule has 0 bridgehead atoms. The first kappa shape index (κ1) is 12.8. The van der Waals surface area contributed by atoms with E-state index in [1.54, 1.807) is 19.2 Å². The number of nitrogens with one attached hydrogen (secondary N) is 1. The first-order chi connectivity index (χ1) is 9.78. The average Bonchev–Trinajstić information content (AvgIpc) is 2.90. The first-order valence-corrected chi connectivity index (χ1v) is 6.57. The van der Waals surface area contributed by atoms with Crippen molar-refractivity contribution in [1.82, 2.24) is 0 Å². The fourth-order valence-electron chi connectivity index (χ4n) is 2.40. The lowest BCUT2D eigenvalue weighted by Gasteiger charge is -2.13. The molecule has 1 unspecified atom stereocenters. The van der Waals surface area contributed by atoms with Crippen molar-refractivity contribution in [3.63, 3.8) is 0 Å². The van der Waals surface area contributed by atoms with Crippen molar-refractivity contribution in [1.29, 1.82) is 0 Å². The molecule has 0 spiro atoms. The van der Waals surface area contributed by atoms with Crippen LogP contribution in [0.5, 0.6) is 11.5 Å². The minimum absolute atomic E-state index is 0.233. The third-order valence-corrected chi connectivity index (χ3v) is 3.51. The second kappa shape index (κ2) is 5.41. The summed E-state index contributed by atoms with van der Waals surface area (Å²) in [7, 11) is 1.57. The average molecular weight is 273 g/mol. The van der Waals surface area contributed by atoms with E-state index in [1.807, 2.05) is 18.2 Å². The van der Waals surface area contributed by atoms with Crippen molar-refractivity contribution in [2.75, 3.05) is 25.6 Å². The van der Waals surface area contributed by atoms with E-state index in [0.29, 0.717) is 24.6 Å². The number of anilines is 1. The number of ether oxygens (including phenoxy) is 2. The van der Waals surface area contributed by atoms with E-state index in [9.17, 15) is 4.39 Å². The van der Waals surface area contributed by atoms with Crippen LogP contribution in [0.15, 0.2) is 42.5 Å². The largest absolute Gasteiger partial charge is 0.497 e. The summed E-state index contributed by atoms with van der Waals surface area (Å²) < 4.78 is 24.4. The summed E-state index contributed by atoms with van der Waals surface area (Å²) in [4.78, 5) is 0. The van der Waals surface area contributed by atoms with Gasteiger partial charge in [0.25, 0.3) is 0 Å². The molecule has 2 aromatic rings. The Hall–Kier alpha value is -2.23. The maximum absolute atomic E-state index is 13.7. The van der Waals surface area contributed by atoms with Crippen molar-refractivity contribution in [2.45, 2.75) is 5.92 Å². The number of para-hydroxylation sites is 1. The van der Waals surface area contributed by atoms with E-state index < -0.39 is 0 Å². The zero-order chi connectivity index (χ0) is 13.9. The van der Waals surface area contributed by atoms with Gasteiger partial charge in [0.05, 0.1) is 19.4 Å². The molecular weight excluding hydrogens is 257 g/mol. The van der Waals surface area contributed by atoms with Crippen LogP contribution in [0.4, 0.5) is 10.1 Å². The molecule has 1 aliphatic heterocycles. The van der Waals surface area contributed by atoms with Crippen molar-refractivity contribution in [3.8, 4) is 11.5 Å².